The molecule has 3 aromatic carbocycles. The molecule has 0 atom stereocenters. The summed E-state index contributed by atoms with van der Waals surface area (Å²) in [6, 6.07) is 20.8. The van der Waals surface area contributed by atoms with Crippen LogP contribution in [0.4, 0.5) is 0 Å². The predicted molar refractivity (Wildman–Crippen MR) is 224 cm³/mol. The zero-order valence-corrected chi connectivity index (χ0v) is 35.7. The molecule has 0 saturated heterocycles. The summed E-state index contributed by atoms with van der Waals surface area (Å²) in [5.41, 5.74) is 2.40. The summed E-state index contributed by atoms with van der Waals surface area (Å²) in [6.07, 6.45) is 2.14. The van der Waals surface area contributed by atoms with Gasteiger partial charge in [0.05, 0.1) is 132 Å². The monoisotopic (exact) mass is 846 g/mol. The highest BCUT2D eigenvalue weighted by Crippen LogP contribution is 2.39. The van der Waals surface area contributed by atoms with E-state index in [1.165, 1.54) is 7.11 Å². The molecule has 0 fully saturated rings. The Hall–Kier alpha value is -4.03. The maximum atomic E-state index is 12.6. The van der Waals surface area contributed by atoms with Crippen molar-refractivity contribution < 1.29 is 71.1 Å². The first-order chi connectivity index (χ1) is 29.6. The summed E-state index contributed by atoms with van der Waals surface area (Å²) in [7, 11) is 2.95. The van der Waals surface area contributed by atoms with Gasteiger partial charge in [0.15, 0.2) is 11.5 Å². The predicted octanol–water partition coefficient (Wildman–Crippen LogP) is 5.97. The maximum Gasteiger partial charge on any atom is 0.338 e. The minimum atomic E-state index is -0.557. The fraction of sp³-hybridized carbons (Fsp3) is 0.578. The van der Waals surface area contributed by atoms with Crippen molar-refractivity contribution in [1.29, 1.82) is 0 Å². The average molecular weight is 847 g/mol. The lowest BCUT2D eigenvalue weighted by molar-refractivity contribution is 0.00406. The third-order valence-electron chi connectivity index (χ3n) is 8.30. The molecule has 0 N–H and O–H groups in total. The normalized spacial score (nSPS) is 11.1. The molecule has 0 aromatic heterocycles. The van der Waals surface area contributed by atoms with E-state index >= 15 is 0 Å². The quantitative estimate of drug-likeness (QED) is 0.0491. The average Bonchev–Trinajstić information content (AvgIpc) is 3.28. The van der Waals surface area contributed by atoms with Gasteiger partial charge in [-0.15, -0.1) is 0 Å². The van der Waals surface area contributed by atoms with Gasteiger partial charge in [-0.25, -0.2) is 4.79 Å². The minimum absolute atomic E-state index is 0.168. The van der Waals surface area contributed by atoms with Crippen molar-refractivity contribution >= 4 is 5.97 Å². The standard InChI is InChI=1S/C45H66O15/c1-4-5-15-49-16-17-50-18-21-53-28-31-58-42-34-40(45(46)48-3)35-43(44(42)60-33-30-55-23-20-52-24-26-56-36-38-9-7-6-8-10-38)59-32-29-54-22-19-51-25-27-57-37-39-11-13-41(47-2)14-12-39/h6-14,34-35H,4-5,15-33,36-37H2,1-3H3. The van der Waals surface area contributed by atoms with Crippen LogP contribution in [0, 0.1) is 0 Å². The number of rotatable bonds is 39. The van der Waals surface area contributed by atoms with Crippen molar-refractivity contribution in [2.24, 2.45) is 0 Å². The molecular weight excluding hydrogens is 780 g/mol. The number of carbonyl (C=O) groups excluding carboxylic acids is 1. The Bertz CT molecular complexity index is 1480. The Balaban J connectivity index is 1.41. The molecule has 0 bridgehead atoms. The second-order valence-electron chi connectivity index (χ2n) is 12.9. The van der Waals surface area contributed by atoms with Crippen LogP contribution >= 0.6 is 0 Å². The third kappa shape index (κ3) is 23.7. The Kier molecular flexibility index (Phi) is 29.1. The molecule has 0 saturated carbocycles. The van der Waals surface area contributed by atoms with Crippen LogP contribution in [-0.4, -0.2) is 146 Å². The van der Waals surface area contributed by atoms with Crippen molar-refractivity contribution in [2.75, 3.05) is 140 Å². The van der Waals surface area contributed by atoms with E-state index in [-0.39, 0.29) is 51.0 Å². The summed E-state index contributed by atoms with van der Waals surface area (Å²) >= 11 is 0. The van der Waals surface area contributed by atoms with E-state index in [1.807, 2.05) is 54.6 Å². The second kappa shape index (κ2) is 34.7. The van der Waals surface area contributed by atoms with Gasteiger partial charge in [0.2, 0.25) is 5.75 Å². The number of ether oxygens (including phenoxy) is 14. The van der Waals surface area contributed by atoms with Crippen molar-refractivity contribution in [2.45, 2.75) is 33.0 Å². The first kappa shape index (κ1) is 50.3. The second-order valence-corrected chi connectivity index (χ2v) is 12.9. The van der Waals surface area contributed by atoms with Gasteiger partial charge < -0.3 is 66.3 Å². The summed E-state index contributed by atoms with van der Waals surface area (Å²) in [5, 5.41) is 0. The van der Waals surface area contributed by atoms with Gasteiger partial charge in [-0.2, -0.15) is 0 Å². The van der Waals surface area contributed by atoms with E-state index in [2.05, 4.69) is 6.92 Å². The lowest BCUT2D eigenvalue weighted by Crippen LogP contribution is -2.16. The molecule has 3 aromatic rings. The fourth-order valence-electron chi connectivity index (χ4n) is 5.14. The number of hydrogen-bond donors (Lipinski definition) is 0. The lowest BCUT2D eigenvalue weighted by atomic mass is 10.2. The number of benzene rings is 3. The zero-order chi connectivity index (χ0) is 42.6. The summed E-state index contributed by atoms with van der Waals surface area (Å²) < 4.78 is 79.2. The molecule has 0 aliphatic carbocycles. The topological polar surface area (TPSA) is 146 Å². The van der Waals surface area contributed by atoms with Gasteiger partial charge in [0, 0.05) is 6.61 Å². The first-order valence-corrected chi connectivity index (χ1v) is 20.7. The van der Waals surface area contributed by atoms with Crippen molar-refractivity contribution in [1.82, 2.24) is 0 Å². The van der Waals surface area contributed by atoms with Crippen LogP contribution in [0.5, 0.6) is 23.0 Å². The van der Waals surface area contributed by atoms with Crippen molar-refractivity contribution in [3.05, 3.63) is 83.4 Å². The largest absolute Gasteiger partial charge is 0.497 e. The molecule has 3 rings (SSSR count). The summed E-state index contributed by atoms with van der Waals surface area (Å²) in [5.74, 6) is 1.14. The molecule has 0 spiro atoms. The van der Waals surface area contributed by atoms with Gasteiger partial charge in [0.1, 0.15) is 25.6 Å². The smallest absolute Gasteiger partial charge is 0.338 e. The Morgan fingerprint density at radius 1 is 0.450 bits per heavy atom. The van der Waals surface area contributed by atoms with Gasteiger partial charge >= 0.3 is 5.97 Å². The van der Waals surface area contributed by atoms with Gasteiger partial charge in [-0.1, -0.05) is 55.8 Å². The minimum Gasteiger partial charge on any atom is -0.497 e. The molecule has 0 amide bonds. The van der Waals surface area contributed by atoms with Crippen LogP contribution < -0.4 is 18.9 Å². The SMILES string of the molecule is CCCCOCCOCCOCCOc1cc(C(=O)OC)cc(OCCOCCOCCOCc2ccc(OC)cc2)c1OCCOCCOCCOCc1ccccc1. The molecule has 15 nitrogen and oxygen atoms in total. The van der Waals surface area contributed by atoms with E-state index in [0.717, 1.165) is 36.3 Å². The van der Waals surface area contributed by atoms with Crippen LogP contribution in [0.3, 0.4) is 0 Å². The van der Waals surface area contributed by atoms with E-state index in [0.29, 0.717) is 104 Å². The summed E-state index contributed by atoms with van der Waals surface area (Å²) in [6.45, 7) is 10.5. The maximum absolute atomic E-state index is 12.6. The Labute approximate surface area is 355 Å². The van der Waals surface area contributed by atoms with Gasteiger partial charge in [-0.05, 0) is 41.8 Å². The van der Waals surface area contributed by atoms with Crippen LogP contribution in [-0.2, 0) is 60.6 Å². The highest BCUT2D eigenvalue weighted by molar-refractivity contribution is 5.91. The number of esters is 1. The number of methoxy groups -OCH3 is 2. The third-order valence-corrected chi connectivity index (χ3v) is 8.30. The summed E-state index contributed by atoms with van der Waals surface area (Å²) in [4.78, 5) is 12.6. The molecule has 15 heteroatoms. The van der Waals surface area contributed by atoms with Crippen LogP contribution in [0.25, 0.3) is 0 Å². The van der Waals surface area contributed by atoms with Crippen LogP contribution in [0.1, 0.15) is 41.3 Å². The zero-order valence-electron chi connectivity index (χ0n) is 35.7. The van der Waals surface area contributed by atoms with E-state index < -0.39 is 5.97 Å². The number of carbonyl (C=O) groups is 1. The van der Waals surface area contributed by atoms with E-state index in [4.69, 9.17) is 66.3 Å². The molecule has 0 heterocycles. The van der Waals surface area contributed by atoms with E-state index in [9.17, 15) is 4.79 Å². The Morgan fingerprint density at radius 2 is 0.850 bits per heavy atom. The fourth-order valence-corrected chi connectivity index (χ4v) is 5.14. The number of hydrogen-bond acceptors (Lipinski definition) is 15. The molecule has 0 unspecified atom stereocenters. The molecule has 336 valence electrons. The molecular formula is C45H66O15. The Morgan fingerprint density at radius 3 is 1.28 bits per heavy atom. The van der Waals surface area contributed by atoms with Crippen LogP contribution in [0.2, 0.25) is 0 Å². The van der Waals surface area contributed by atoms with Gasteiger partial charge in [0.25, 0.3) is 0 Å². The van der Waals surface area contributed by atoms with Crippen molar-refractivity contribution in [3.8, 4) is 23.0 Å². The molecule has 0 aliphatic rings. The van der Waals surface area contributed by atoms with Crippen LogP contribution in [0.15, 0.2) is 66.7 Å². The molecule has 60 heavy (non-hydrogen) atoms. The highest BCUT2D eigenvalue weighted by Gasteiger charge is 2.20. The number of unbranched alkanes of at least 4 members (excludes halogenated alkanes) is 1. The molecule has 0 radical (unpaired) electrons. The highest BCUT2D eigenvalue weighted by atomic mass is 16.6. The first-order valence-electron chi connectivity index (χ1n) is 20.7. The molecule has 0 aliphatic heterocycles. The van der Waals surface area contributed by atoms with E-state index in [1.54, 1.807) is 19.2 Å². The van der Waals surface area contributed by atoms with Crippen molar-refractivity contribution in [3.63, 3.8) is 0 Å². The lowest BCUT2D eigenvalue weighted by Gasteiger charge is -2.18. The van der Waals surface area contributed by atoms with Gasteiger partial charge in [-0.3, -0.25) is 0 Å².